The molecule has 1 amide bonds. The van der Waals surface area contributed by atoms with E-state index in [1.807, 2.05) is 16.7 Å². The molecule has 2 heterocycles. The van der Waals surface area contributed by atoms with E-state index in [1.165, 1.54) is 43.6 Å². The van der Waals surface area contributed by atoms with E-state index in [1.54, 1.807) is 19.1 Å². The molecule has 0 aliphatic carbocycles. The van der Waals surface area contributed by atoms with E-state index in [-0.39, 0.29) is 28.9 Å². The highest BCUT2D eigenvalue weighted by molar-refractivity contribution is 6.34. The van der Waals surface area contributed by atoms with Gasteiger partial charge in [0.25, 0.3) is 5.91 Å². The molecule has 0 spiro atoms. The number of aldehydes is 1. The Kier molecular flexibility index (Phi) is 6.89. The third kappa shape index (κ3) is 5.13. The summed E-state index contributed by atoms with van der Waals surface area (Å²) in [7, 11) is 1.39. The van der Waals surface area contributed by atoms with Crippen molar-refractivity contribution in [2.45, 2.75) is 19.8 Å². The number of amides is 1. The lowest BCUT2D eigenvalue weighted by molar-refractivity contribution is -0.274. The molecule has 11 heteroatoms. The first-order chi connectivity index (χ1) is 17.1. The second-order valence-corrected chi connectivity index (χ2v) is 8.16. The highest BCUT2D eigenvalue weighted by atomic mass is 35.5. The number of nitrogens with zero attached hydrogens (tertiary/aromatic N) is 3. The molecule has 0 aliphatic heterocycles. The number of carbonyl (C=O) groups is 2. The van der Waals surface area contributed by atoms with Gasteiger partial charge in [-0.1, -0.05) is 23.7 Å². The van der Waals surface area contributed by atoms with Crippen LogP contribution in [0.1, 0.15) is 11.3 Å². The van der Waals surface area contributed by atoms with Crippen molar-refractivity contribution in [2.24, 2.45) is 0 Å². The number of hydrogen-bond donors (Lipinski definition) is 0. The summed E-state index contributed by atoms with van der Waals surface area (Å²) < 4.78 is 50.0. The minimum Gasteiger partial charge on any atom is -0.481 e. The van der Waals surface area contributed by atoms with Crippen LogP contribution in [-0.2, 0) is 16.1 Å². The molecule has 186 valence electrons. The largest absolute Gasteiger partial charge is 0.573 e. The number of halogens is 4. The Labute approximate surface area is 208 Å². The molecule has 7 nitrogen and oxygen atoms in total. The molecular formula is C25H19ClF3N3O4. The fourth-order valence-electron chi connectivity index (χ4n) is 3.97. The SMILES string of the molecule is COc1cc(N(C(=O)C=O)c2c(C)n(Cc3ccc(Cl)cc3)c3ccc(OC(F)(F)F)cc23)ccn1. The van der Waals surface area contributed by atoms with Gasteiger partial charge in [0.15, 0.2) is 0 Å². The zero-order valence-electron chi connectivity index (χ0n) is 19.0. The Morgan fingerprint density at radius 1 is 1.14 bits per heavy atom. The molecule has 4 aromatic rings. The fraction of sp³-hybridized carbons (Fsp3) is 0.160. The summed E-state index contributed by atoms with van der Waals surface area (Å²) >= 11 is 6.00. The molecule has 36 heavy (non-hydrogen) atoms. The van der Waals surface area contributed by atoms with Gasteiger partial charge in [-0.3, -0.25) is 14.5 Å². The van der Waals surface area contributed by atoms with E-state index in [0.717, 1.165) is 10.5 Å². The summed E-state index contributed by atoms with van der Waals surface area (Å²) in [4.78, 5) is 29.7. The minimum atomic E-state index is -4.91. The van der Waals surface area contributed by atoms with Crippen molar-refractivity contribution >= 4 is 46.1 Å². The second kappa shape index (κ2) is 9.90. The van der Waals surface area contributed by atoms with Crippen LogP contribution in [0.4, 0.5) is 24.5 Å². The fourth-order valence-corrected chi connectivity index (χ4v) is 4.09. The van der Waals surface area contributed by atoms with Crippen molar-refractivity contribution in [2.75, 3.05) is 12.0 Å². The summed E-state index contributed by atoms with van der Waals surface area (Å²) in [6, 6.07) is 13.9. The van der Waals surface area contributed by atoms with Gasteiger partial charge < -0.3 is 14.0 Å². The van der Waals surface area contributed by atoms with Gasteiger partial charge in [0.2, 0.25) is 12.2 Å². The minimum absolute atomic E-state index is 0.130. The van der Waals surface area contributed by atoms with Gasteiger partial charge >= 0.3 is 6.36 Å². The van der Waals surface area contributed by atoms with E-state index >= 15 is 0 Å². The Morgan fingerprint density at radius 3 is 2.50 bits per heavy atom. The lowest BCUT2D eigenvalue weighted by Crippen LogP contribution is -2.27. The third-order valence-corrected chi connectivity index (χ3v) is 5.73. The smallest absolute Gasteiger partial charge is 0.481 e. The molecule has 2 aromatic carbocycles. The third-order valence-electron chi connectivity index (χ3n) is 5.48. The van der Waals surface area contributed by atoms with E-state index in [2.05, 4.69) is 9.72 Å². The van der Waals surface area contributed by atoms with Gasteiger partial charge in [0.05, 0.1) is 24.0 Å². The Hall–Kier alpha value is -4.05. The van der Waals surface area contributed by atoms with Crippen LogP contribution in [0.3, 0.4) is 0 Å². The van der Waals surface area contributed by atoms with Crippen molar-refractivity contribution in [3.05, 3.63) is 77.1 Å². The number of fused-ring (bicyclic) bond motifs is 1. The first-order valence-corrected chi connectivity index (χ1v) is 10.9. The zero-order chi connectivity index (χ0) is 26.0. The second-order valence-electron chi connectivity index (χ2n) is 7.72. The maximum absolute atomic E-state index is 13.0. The van der Waals surface area contributed by atoms with Crippen LogP contribution in [-0.4, -0.2) is 35.2 Å². The Bertz CT molecular complexity index is 1440. The van der Waals surface area contributed by atoms with Gasteiger partial charge in [0.1, 0.15) is 5.75 Å². The number of rotatable bonds is 7. The summed E-state index contributed by atoms with van der Waals surface area (Å²) in [6.45, 7) is 2.03. The van der Waals surface area contributed by atoms with Crippen molar-refractivity contribution in [3.63, 3.8) is 0 Å². The van der Waals surface area contributed by atoms with Crippen molar-refractivity contribution in [1.29, 1.82) is 0 Å². The van der Waals surface area contributed by atoms with Crippen LogP contribution < -0.4 is 14.4 Å². The van der Waals surface area contributed by atoms with Crippen molar-refractivity contribution in [1.82, 2.24) is 9.55 Å². The lowest BCUT2D eigenvalue weighted by Gasteiger charge is -2.22. The molecule has 0 aliphatic rings. The highest BCUT2D eigenvalue weighted by Gasteiger charge is 2.32. The molecule has 0 fully saturated rings. The number of benzene rings is 2. The summed E-state index contributed by atoms with van der Waals surface area (Å²) in [5.74, 6) is -1.22. The predicted molar refractivity (Wildman–Crippen MR) is 128 cm³/mol. The molecular weight excluding hydrogens is 499 g/mol. The summed E-state index contributed by atoms with van der Waals surface area (Å²) in [5.41, 5.74) is 2.37. The van der Waals surface area contributed by atoms with E-state index in [4.69, 9.17) is 16.3 Å². The van der Waals surface area contributed by atoms with Gasteiger partial charge in [-0.05, 0) is 48.9 Å². The van der Waals surface area contributed by atoms with Gasteiger partial charge in [-0.2, -0.15) is 0 Å². The van der Waals surface area contributed by atoms with Crippen molar-refractivity contribution < 1.29 is 32.2 Å². The summed E-state index contributed by atoms with van der Waals surface area (Å²) in [5, 5.41) is 0.825. The Morgan fingerprint density at radius 2 is 1.86 bits per heavy atom. The topological polar surface area (TPSA) is 73.7 Å². The average Bonchev–Trinajstić information content (AvgIpc) is 3.10. The Balaban J connectivity index is 1.97. The number of hydrogen-bond acceptors (Lipinski definition) is 5. The first kappa shape index (κ1) is 25.1. The van der Waals surface area contributed by atoms with E-state index < -0.39 is 18.0 Å². The monoisotopic (exact) mass is 517 g/mol. The molecule has 0 N–H and O–H groups in total. The number of carbonyl (C=O) groups excluding carboxylic acids is 2. The number of anilines is 2. The van der Waals surface area contributed by atoms with Gasteiger partial charge in [-0.15, -0.1) is 13.2 Å². The van der Waals surface area contributed by atoms with E-state index in [0.29, 0.717) is 22.8 Å². The summed E-state index contributed by atoms with van der Waals surface area (Å²) in [6.07, 6.45) is -3.39. The maximum Gasteiger partial charge on any atom is 0.573 e. The van der Waals surface area contributed by atoms with Crippen LogP contribution in [0, 0.1) is 6.92 Å². The van der Waals surface area contributed by atoms with Crippen LogP contribution in [0.5, 0.6) is 11.6 Å². The number of pyridine rings is 1. The van der Waals surface area contributed by atoms with Crippen LogP contribution in [0.15, 0.2) is 60.8 Å². The zero-order valence-corrected chi connectivity index (χ0v) is 19.8. The van der Waals surface area contributed by atoms with Crippen LogP contribution in [0.25, 0.3) is 10.9 Å². The molecule has 0 saturated carbocycles. The predicted octanol–water partition coefficient (Wildman–Crippen LogP) is 5.82. The molecule has 0 bridgehead atoms. The molecule has 2 aromatic heterocycles. The number of aromatic nitrogens is 2. The first-order valence-electron chi connectivity index (χ1n) is 10.5. The van der Waals surface area contributed by atoms with Gasteiger partial charge in [-0.25, -0.2) is 4.98 Å². The number of alkyl halides is 3. The standard InChI is InChI=1S/C25H19ClF3N3O4/c1-15-24(32(23(34)14-33)18-9-10-30-22(11-18)35-2)20-12-19(36-25(27,28)29)7-8-21(20)31(15)13-16-3-5-17(26)6-4-16/h3-12,14H,13H2,1-2H3. The van der Waals surface area contributed by atoms with Crippen LogP contribution >= 0.6 is 11.6 Å². The average molecular weight is 518 g/mol. The molecule has 0 atom stereocenters. The maximum atomic E-state index is 13.0. The quantitative estimate of drug-likeness (QED) is 0.228. The van der Waals surface area contributed by atoms with E-state index in [9.17, 15) is 22.8 Å². The molecule has 0 unspecified atom stereocenters. The molecule has 0 radical (unpaired) electrons. The number of ether oxygens (including phenoxy) is 2. The molecule has 0 saturated heterocycles. The van der Waals surface area contributed by atoms with Gasteiger partial charge in [0, 0.05) is 34.9 Å². The number of methoxy groups -OCH3 is 1. The molecule has 4 rings (SSSR count). The highest BCUT2D eigenvalue weighted by Crippen LogP contribution is 2.41. The lowest BCUT2D eigenvalue weighted by atomic mass is 10.1. The van der Waals surface area contributed by atoms with Crippen molar-refractivity contribution in [3.8, 4) is 11.6 Å². The normalized spacial score (nSPS) is 11.4. The van der Waals surface area contributed by atoms with Crippen LogP contribution in [0.2, 0.25) is 5.02 Å².